The summed E-state index contributed by atoms with van der Waals surface area (Å²) >= 11 is 3.41. The number of hydrogen-bond donors (Lipinski definition) is 0. The van der Waals surface area contributed by atoms with Gasteiger partial charge in [-0.3, -0.25) is 14.5 Å². The Morgan fingerprint density at radius 1 is 1.25 bits per heavy atom. The second-order valence-corrected chi connectivity index (χ2v) is 5.53. The molecule has 0 aliphatic carbocycles. The lowest BCUT2D eigenvalue weighted by molar-refractivity contribution is -0.137. The van der Waals surface area contributed by atoms with Gasteiger partial charge in [0.25, 0.3) is 0 Å². The van der Waals surface area contributed by atoms with Gasteiger partial charge in [0.2, 0.25) is 0 Å². The van der Waals surface area contributed by atoms with E-state index in [1.54, 1.807) is 11.9 Å². The molecule has 0 saturated carbocycles. The first-order valence-corrected chi connectivity index (χ1v) is 7.11. The minimum Gasteiger partial charge on any atom is -0.505 e. The van der Waals surface area contributed by atoms with Crippen molar-refractivity contribution in [2.75, 3.05) is 26.7 Å². The Balaban J connectivity index is 2.17. The van der Waals surface area contributed by atoms with Gasteiger partial charge in [0.05, 0.1) is 13.1 Å². The van der Waals surface area contributed by atoms with Crippen LogP contribution in [-0.2, 0) is 18.9 Å². The summed E-state index contributed by atoms with van der Waals surface area (Å²) in [5.74, 6) is -0.365. The monoisotopic (exact) mass is 339 g/mol. The van der Waals surface area contributed by atoms with E-state index in [2.05, 4.69) is 15.9 Å². The first kappa shape index (κ1) is 15.2. The molecule has 2 rings (SSSR count). The van der Waals surface area contributed by atoms with E-state index >= 15 is 0 Å². The molecule has 0 atom stereocenters. The van der Waals surface area contributed by atoms with Gasteiger partial charge < -0.3 is 9.31 Å². The van der Waals surface area contributed by atoms with E-state index in [-0.39, 0.29) is 25.5 Å². The molecule has 106 valence electrons. The van der Waals surface area contributed by atoms with Crippen LogP contribution in [0.15, 0.2) is 28.7 Å². The third-order valence-electron chi connectivity index (χ3n) is 2.89. The van der Waals surface area contributed by atoms with Crippen LogP contribution in [0.3, 0.4) is 0 Å². The normalized spacial score (nSPS) is 18.8. The van der Waals surface area contributed by atoms with Crippen LogP contribution < -0.4 is 5.46 Å². The van der Waals surface area contributed by atoms with Crippen molar-refractivity contribution in [2.24, 2.45) is 0 Å². The number of carbonyl (C=O) groups is 2. The van der Waals surface area contributed by atoms with Gasteiger partial charge in [0.15, 0.2) is 0 Å². The highest BCUT2D eigenvalue weighted by Gasteiger charge is 2.29. The van der Waals surface area contributed by atoms with Gasteiger partial charge in [-0.25, -0.2) is 0 Å². The SMILES string of the molecule is CN1CC(=O)CCOB(c2ccccc2Br)OC(=O)C1. The van der Waals surface area contributed by atoms with E-state index in [4.69, 9.17) is 9.31 Å². The van der Waals surface area contributed by atoms with Crippen molar-refractivity contribution in [1.82, 2.24) is 4.90 Å². The summed E-state index contributed by atoms with van der Waals surface area (Å²) in [5.41, 5.74) is 0.733. The fraction of sp³-hybridized carbons (Fsp3) is 0.385. The molecule has 0 bridgehead atoms. The molecule has 1 aromatic rings. The lowest BCUT2D eigenvalue weighted by atomic mass is 9.78. The molecule has 7 heteroatoms. The number of carbonyl (C=O) groups excluding carboxylic acids is 2. The molecule has 1 aliphatic heterocycles. The van der Waals surface area contributed by atoms with Crippen molar-refractivity contribution in [3.05, 3.63) is 28.7 Å². The minimum absolute atomic E-state index is 0.0491. The predicted molar refractivity (Wildman–Crippen MR) is 78.7 cm³/mol. The number of likely N-dealkylation sites (N-methyl/N-ethyl adjacent to an activating group) is 1. The lowest BCUT2D eigenvalue weighted by Crippen LogP contribution is -2.44. The van der Waals surface area contributed by atoms with Gasteiger partial charge in [-0.2, -0.15) is 0 Å². The smallest absolute Gasteiger partial charge is 0.505 e. The molecule has 0 aromatic heterocycles. The van der Waals surface area contributed by atoms with Gasteiger partial charge in [-0.1, -0.05) is 34.1 Å². The predicted octanol–water partition coefficient (Wildman–Crippen LogP) is 0.609. The number of ketones is 1. The molecule has 1 saturated heterocycles. The maximum atomic E-state index is 11.8. The highest BCUT2D eigenvalue weighted by atomic mass is 79.9. The molecular formula is C13H15BBrNO4. The molecule has 0 radical (unpaired) electrons. The van der Waals surface area contributed by atoms with Crippen molar-refractivity contribution < 1.29 is 18.9 Å². The summed E-state index contributed by atoms with van der Waals surface area (Å²) in [6.07, 6.45) is 0.308. The summed E-state index contributed by atoms with van der Waals surface area (Å²) < 4.78 is 11.7. The standard InChI is InChI=1S/C13H15BBrNO4/c1-16-8-10(17)6-7-19-14(20-13(18)9-16)11-4-2-3-5-12(11)15/h2-5H,6-9H2,1H3. The summed E-state index contributed by atoms with van der Waals surface area (Å²) in [7, 11) is 0.923. The molecule has 0 amide bonds. The van der Waals surface area contributed by atoms with Crippen molar-refractivity contribution >= 4 is 40.3 Å². The largest absolute Gasteiger partial charge is 0.565 e. The number of benzene rings is 1. The van der Waals surface area contributed by atoms with E-state index in [0.717, 1.165) is 9.94 Å². The number of hydrogen-bond acceptors (Lipinski definition) is 5. The van der Waals surface area contributed by atoms with Crippen LogP contribution >= 0.6 is 15.9 Å². The summed E-state index contributed by atoms with van der Waals surface area (Å²) in [6, 6.07) is 7.38. The Morgan fingerprint density at radius 2 is 2.00 bits per heavy atom. The summed E-state index contributed by atoms with van der Waals surface area (Å²) in [6.45, 7) is 0.528. The van der Waals surface area contributed by atoms with Crippen LogP contribution in [0.25, 0.3) is 0 Å². The van der Waals surface area contributed by atoms with E-state index < -0.39 is 13.1 Å². The van der Waals surface area contributed by atoms with E-state index in [0.29, 0.717) is 6.42 Å². The zero-order valence-electron chi connectivity index (χ0n) is 11.2. The first-order chi connectivity index (χ1) is 9.56. The van der Waals surface area contributed by atoms with Gasteiger partial charge in [0, 0.05) is 23.0 Å². The Labute approximate surface area is 126 Å². The lowest BCUT2D eigenvalue weighted by Gasteiger charge is -2.21. The van der Waals surface area contributed by atoms with Gasteiger partial charge in [-0.15, -0.1) is 0 Å². The first-order valence-electron chi connectivity index (χ1n) is 6.32. The van der Waals surface area contributed by atoms with Crippen molar-refractivity contribution in [3.63, 3.8) is 0 Å². The third-order valence-corrected chi connectivity index (χ3v) is 3.62. The molecule has 0 unspecified atom stereocenters. The number of Topliss-reactive ketones (excluding diaryl/α,β-unsaturated/α-hetero) is 1. The average molecular weight is 340 g/mol. The van der Waals surface area contributed by atoms with Crippen LogP contribution in [0.2, 0.25) is 0 Å². The zero-order valence-corrected chi connectivity index (χ0v) is 12.8. The van der Waals surface area contributed by atoms with Crippen LogP contribution in [0, 0.1) is 0 Å². The van der Waals surface area contributed by atoms with Crippen LogP contribution in [0.1, 0.15) is 6.42 Å². The number of rotatable bonds is 1. The van der Waals surface area contributed by atoms with Crippen LogP contribution in [-0.4, -0.2) is 50.5 Å². The Hall–Kier alpha value is -1.18. The molecule has 0 N–H and O–H groups in total. The van der Waals surface area contributed by atoms with Crippen molar-refractivity contribution in [1.29, 1.82) is 0 Å². The van der Waals surface area contributed by atoms with E-state index in [9.17, 15) is 9.59 Å². The van der Waals surface area contributed by atoms with Crippen molar-refractivity contribution in [3.8, 4) is 0 Å². The molecule has 0 spiro atoms. The molecular weight excluding hydrogens is 325 g/mol. The molecule has 1 fully saturated rings. The third kappa shape index (κ3) is 4.16. The van der Waals surface area contributed by atoms with Crippen molar-refractivity contribution in [2.45, 2.75) is 6.42 Å². The highest BCUT2D eigenvalue weighted by molar-refractivity contribution is 9.10. The fourth-order valence-corrected chi connectivity index (χ4v) is 2.42. The van der Waals surface area contributed by atoms with Crippen LogP contribution in [0.5, 0.6) is 0 Å². The Kier molecular flexibility index (Phi) is 5.34. The molecule has 20 heavy (non-hydrogen) atoms. The van der Waals surface area contributed by atoms with Crippen LogP contribution in [0.4, 0.5) is 0 Å². The number of halogens is 1. The summed E-state index contributed by atoms with van der Waals surface area (Å²) in [5, 5.41) is 0. The maximum Gasteiger partial charge on any atom is 0.565 e. The Bertz CT molecular complexity index is 511. The minimum atomic E-state index is -0.794. The second kappa shape index (κ2) is 7.01. The quantitative estimate of drug-likeness (QED) is 0.702. The van der Waals surface area contributed by atoms with Gasteiger partial charge in [-0.05, 0) is 13.1 Å². The topological polar surface area (TPSA) is 55.8 Å². The Morgan fingerprint density at radius 3 is 2.75 bits per heavy atom. The maximum absolute atomic E-state index is 11.8. The molecule has 5 nitrogen and oxygen atoms in total. The van der Waals surface area contributed by atoms with Gasteiger partial charge in [0.1, 0.15) is 5.78 Å². The molecule has 1 heterocycles. The molecule has 1 aliphatic rings. The fourth-order valence-electron chi connectivity index (χ4n) is 1.95. The van der Waals surface area contributed by atoms with E-state index in [1.807, 2.05) is 24.3 Å². The average Bonchev–Trinajstić information content (AvgIpc) is 2.37. The molecule has 1 aromatic carbocycles. The highest BCUT2D eigenvalue weighted by Crippen LogP contribution is 2.09. The number of nitrogens with zero attached hydrogens (tertiary/aromatic N) is 1. The summed E-state index contributed by atoms with van der Waals surface area (Å²) in [4.78, 5) is 25.1. The zero-order chi connectivity index (χ0) is 14.5. The second-order valence-electron chi connectivity index (χ2n) is 4.68. The van der Waals surface area contributed by atoms with E-state index in [1.165, 1.54) is 0 Å². The van der Waals surface area contributed by atoms with Gasteiger partial charge >= 0.3 is 13.1 Å².